The lowest BCUT2D eigenvalue weighted by molar-refractivity contribution is -0.166. The molecule has 1 aromatic heterocycles. The second-order valence-corrected chi connectivity index (χ2v) is 8.23. The van der Waals surface area contributed by atoms with Gasteiger partial charge in [0.25, 0.3) is 5.91 Å². The van der Waals surface area contributed by atoms with Crippen molar-refractivity contribution in [3.63, 3.8) is 0 Å². The Bertz CT molecular complexity index is 998. The van der Waals surface area contributed by atoms with Gasteiger partial charge >= 0.3 is 6.18 Å². The largest absolute Gasteiger partial charge is 0.393 e. The van der Waals surface area contributed by atoms with Gasteiger partial charge in [-0.1, -0.05) is 13.0 Å². The van der Waals surface area contributed by atoms with Crippen LogP contribution in [0.2, 0.25) is 0 Å². The van der Waals surface area contributed by atoms with Crippen molar-refractivity contribution in [1.82, 2.24) is 25.7 Å². The van der Waals surface area contributed by atoms with Crippen molar-refractivity contribution < 1.29 is 22.8 Å². The quantitative estimate of drug-likeness (QED) is 0.400. The fourth-order valence-corrected chi connectivity index (χ4v) is 3.38. The third kappa shape index (κ3) is 6.67. The van der Waals surface area contributed by atoms with Crippen molar-refractivity contribution in [3.8, 4) is 0 Å². The number of nitrogens with one attached hydrogen (secondary N) is 4. The normalized spacial score (nSPS) is 16.7. The average Bonchev–Trinajstić information content (AvgIpc) is 3.27. The Morgan fingerprint density at radius 2 is 2.03 bits per heavy atom. The maximum absolute atomic E-state index is 13.1. The van der Waals surface area contributed by atoms with E-state index in [-0.39, 0.29) is 30.4 Å². The van der Waals surface area contributed by atoms with Gasteiger partial charge in [-0.05, 0) is 37.6 Å². The van der Waals surface area contributed by atoms with Gasteiger partial charge in [0.15, 0.2) is 0 Å². The van der Waals surface area contributed by atoms with Gasteiger partial charge < -0.3 is 20.9 Å². The number of hydrogen-bond donors (Lipinski definition) is 4. The molecule has 34 heavy (non-hydrogen) atoms. The van der Waals surface area contributed by atoms with E-state index in [9.17, 15) is 18.0 Å². The molecule has 1 saturated heterocycles. The minimum absolute atomic E-state index is 0.0882. The van der Waals surface area contributed by atoms with E-state index >= 15 is 0 Å². The maximum atomic E-state index is 13.1. The molecule has 2 aromatic rings. The topological polar surface area (TPSA) is 116 Å². The van der Waals surface area contributed by atoms with Crippen LogP contribution in [-0.4, -0.2) is 66.9 Å². The number of amides is 1. The molecule has 1 fully saturated rings. The Morgan fingerprint density at radius 1 is 1.29 bits per heavy atom. The molecule has 186 valence electrons. The fourth-order valence-electron chi connectivity index (χ4n) is 3.38. The van der Waals surface area contributed by atoms with E-state index in [1.165, 1.54) is 19.1 Å². The molecule has 1 unspecified atom stereocenters. The first-order valence-corrected chi connectivity index (χ1v) is 10.8. The number of halogens is 3. The zero-order valence-corrected chi connectivity index (χ0v) is 19.5. The molecule has 1 aliphatic rings. The molecular formula is C21H29F3N8O2. The van der Waals surface area contributed by atoms with E-state index in [4.69, 9.17) is 0 Å². The number of hydrogen-bond acceptors (Lipinski definition) is 9. The second kappa shape index (κ2) is 10.8. The minimum atomic E-state index is -4.33. The number of rotatable bonds is 9. The number of aromatic nitrogens is 3. The number of carbonyl (C=O) groups excluding carboxylic acids is 1. The lowest BCUT2D eigenvalue weighted by atomic mass is 10.1. The van der Waals surface area contributed by atoms with Gasteiger partial charge in [-0.2, -0.15) is 28.1 Å². The molecule has 13 heteroatoms. The lowest BCUT2D eigenvalue weighted by Crippen LogP contribution is -2.34. The van der Waals surface area contributed by atoms with E-state index in [0.717, 1.165) is 32.0 Å². The fraction of sp³-hybridized carbons (Fsp3) is 0.524. The van der Waals surface area contributed by atoms with Crippen molar-refractivity contribution in [2.45, 2.75) is 32.5 Å². The van der Waals surface area contributed by atoms with Gasteiger partial charge in [-0.3, -0.25) is 9.63 Å². The Labute approximate surface area is 195 Å². The van der Waals surface area contributed by atoms with Gasteiger partial charge in [0.1, 0.15) is 0 Å². The van der Waals surface area contributed by atoms with Crippen LogP contribution in [0, 0.1) is 12.8 Å². The molecule has 0 aliphatic carbocycles. The Balaban J connectivity index is 1.90. The highest BCUT2D eigenvalue weighted by atomic mass is 19.4. The molecule has 2 atom stereocenters. The van der Waals surface area contributed by atoms with Crippen molar-refractivity contribution >= 4 is 29.4 Å². The summed E-state index contributed by atoms with van der Waals surface area (Å²) in [6.45, 7) is 4.20. The molecule has 0 saturated carbocycles. The van der Waals surface area contributed by atoms with Crippen molar-refractivity contribution in [3.05, 3.63) is 29.3 Å². The van der Waals surface area contributed by atoms with Crippen LogP contribution in [0.1, 0.15) is 29.3 Å². The Kier molecular flexibility index (Phi) is 8.10. The van der Waals surface area contributed by atoms with Crippen LogP contribution in [0.5, 0.6) is 0 Å². The molecule has 3 rings (SSSR count). The van der Waals surface area contributed by atoms with Crippen LogP contribution in [-0.2, 0) is 4.84 Å². The molecule has 0 radical (unpaired) electrons. The first-order valence-electron chi connectivity index (χ1n) is 10.8. The number of aryl methyl sites for hydroxylation is 1. The third-order valence-corrected chi connectivity index (χ3v) is 5.41. The summed E-state index contributed by atoms with van der Waals surface area (Å²) in [6.07, 6.45) is -3.47. The smallest absolute Gasteiger partial charge is 0.350 e. The monoisotopic (exact) mass is 482 g/mol. The van der Waals surface area contributed by atoms with Gasteiger partial charge in [-0.15, -0.1) is 0 Å². The van der Waals surface area contributed by atoms with Gasteiger partial charge in [0, 0.05) is 37.4 Å². The number of benzene rings is 1. The number of carbonyl (C=O) groups is 1. The van der Waals surface area contributed by atoms with Crippen molar-refractivity contribution in [2.24, 2.45) is 5.92 Å². The molecule has 1 aromatic carbocycles. The summed E-state index contributed by atoms with van der Waals surface area (Å²) in [7, 11) is 2.84. The van der Waals surface area contributed by atoms with Gasteiger partial charge in [0.2, 0.25) is 17.8 Å². The zero-order chi connectivity index (χ0) is 24.9. The predicted molar refractivity (Wildman–Crippen MR) is 122 cm³/mol. The van der Waals surface area contributed by atoms with Crippen LogP contribution < -0.4 is 26.3 Å². The highest BCUT2D eigenvalue weighted by molar-refractivity contribution is 5.94. The lowest BCUT2D eigenvalue weighted by Gasteiger charge is -2.24. The summed E-state index contributed by atoms with van der Waals surface area (Å²) in [5.74, 6) is -1.53. The van der Waals surface area contributed by atoms with Crippen LogP contribution >= 0.6 is 0 Å². The number of anilines is 4. The molecule has 10 nitrogen and oxygen atoms in total. The molecule has 2 heterocycles. The van der Waals surface area contributed by atoms with Crippen molar-refractivity contribution in [1.29, 1.82) is 0 Å². The number of alkyl halides is 3. The van der Waals surface area contributed by atoms with Gasteiger partial charge in [-0.25, -0.2) is 5.48 Å². The Morgan fingerprint density at radius 3 is 2.68 bits per heavy atom. The second-order valence-electron chi connectivity index (χ2n) is 8.23. The molecule has 1 amide bonds. The summed E-state index contributed by atoms with van der Waals surface area (Å²) < 4.78 is 39.3. The van der Waals surface area contributed by atoms with Crippen molar-refractivity contribution in [2.75, 3.05) is 49.3 Å². The highest BCUT2D eigenvalue weighted by Gasteiger charge is 2.37. The summed E-state index contributed by atoms with van der Waals surface area (Å²) >= 11 is 0. The molecule has 0 bridgehead atoms. The Hall–Kier alpha value is -3.19. The van der Waals surface area contributed by atoms with Gasteiger partial charge in [0.05, 0.1) is 13.0 Å². The standard InChI is InChI=1S/C21H29F3N8O2/c1-12-5-6-14(17(33)31-34-4)9-16(12)27-19-28-18(26-15-7-8-25-10-15)29-20(30-19)32(3)11-13(2)21(22,23)24/h5-6,9,13,15,25H,7-8,10-11H2,1-4H3,(H,31,33)(H2,26,27,28,29,30)/t13?,15-/m1/s1. The predicted octanol–water partition coefficient (Wildman–Crippen LogP) is 2.62. The van der Waals surface area contributed by atoms with E-state index < -0.39 is 18.0 Å². The first-order chi connectivity index (χ1) is 16.1. The van der Waals surface area contributed by atoms with E-state index in [1.54, 1.807) is 18.2 Å². The first kappa shape index (κ1) is 25.4. The molecule has 1 aliphatic heterocycles. The summed E-state index contributed by atoms with van der Waals surface area (Å²) in [6, 6.07) is 5.08. The van der Waals surface area contributed by atoms with Crippen LogP contribution in [0.25, 0.3) is 0 Å². The molecule has 0 spiro atoms. The highest BCUT2D eigenvalue weighted by Crippen LogP contribution is 2.28. The van der Waals surface area contributed by atoms with E-state index in [1.807, 2.05) is 6.92 Å². The van der Waals surface area contributed by atoms with Crippen LogP contribution in [0.15, 0.2) is 18.2 Å². The van der Waals surface area contributed by atoms with Crippen LogP contribution in [0.4, 0.5) is 36.7 Å². The number of hydroxylamine groups is 1. The van der Waals surface area contributed by atoms with E-state index in [2.05, 4.69) is 41.2 Å². The molecule has 4 N–H and O–H groups in total. The minimum Gasteiger partial charge on any atom is -0.350 e. The number of nitrogens with zero attached hydrogens (tertiary/aromatic N) is 4. The average molecular weight is 483 g/mol. The zero-order valence-electron chi connectivity index (χ0n) is 19.5. The summed E-state index contributed by atoms with van der Waals surface area (Å²) in [4.78, 5) is 31.2. The maximum Gasteiger partial charge on any atom is 0.393 e. The third-order valence-electron chi connectivity index (χ3n) is 5.41. The summed E-state index contributed by atoms with van der Waals surface area (Å²) in [5.41, 5.74) is 3.96. The van der Waals surface area contributed by atoms with E-state index in [0.29, 0.717) is 11.3 Å². The SMILES string of the molecule is CONC(=O)c1ccc(C)c(Nc2nc(N[C@@H]3CCNC3)nc(N(C)CC(C)C(F)(F)F)n2)c1. The molecular weight excluding hydrogens is 453 g/mol. The van der Waals surface area contributed by atoms with Crippen LogP contribution in [0.3, 0.4) is 0 Å². The summed E-state index contributed by atoms with van der Waals surface area (Å²) in [5, 5.41) is 9.51.